The Labute approximate surface area is 175 Å². The van der Waals surface area contributed by atoms with Gasteiger partial charge in [0.25, 0.3) is 0 Å². The van der Waals surface area contributed by atoms with Crippen LogP contribution in [0.5, 0.6) is 0 Å². The number of piperidine rings is 2. The first kappa shape index (κ1) is 20.1. The maximum atomic E-state index is 14.0. The number of ether oxygens (including phenoxy) is 1. The number of Topliss-reactive ketones (excluding diaryl/α,β-unsaturated/α-hetero) is 1. The smallest absolute Gasteiger partial charge is 0.410 e. The number of carbonyl (C=O) groups excluding carboxylic acids is 2. The molecule has 4 rings (SSSR count). The third kappa shape index (κ3) is 4.06. The van der Waals surface area contributed by atoms with Gasteiger partial charge in [-0.05, 0) is 55.9 Å². The van der Waals surface area contributed by atoms with E-state index < -0.39 is 5.82 Å². The number of ketones is 1. The van der Waals surface area contributed by atoms with Gasteiger partial charge < -0.3 is 9.64 Å². The number of carbonyl (C=O) groups is 2. The van der Waals surface area contributed by atoms with E-state index in [1.807, 2.05) is 35.2 Å². The number of halogens is 1. The van der Waals surface area contributed by atoms with Gasteiger partial charge in [-0.25, -0.2) is 9.18 Å². The second-order valence-electron chi connectivity index (χ2n) is 8.03. The first-order chi connectivity index (χ1) is 14.6. The van der Waals surface area contributed by atoms with Gasteiger partial charge in [-0.3, -0.25) is 4.79 Å². The van der Waals surface area contributed by atoms with Crippen LogP contribution >= 0.6 is 0 Å². The molecule has 0 N–H and O–H groups in total. The lowest BCUT2D eigenvalue weighted by Crippen LogP contribution is -2.55. The third-order valence-corrected chi connectivity index (χ3v) is 6.14. The van der Waals surface area contributed by atoms with Gasteiger partial charge in [0.05, 0.1) is 5.56 Å². The van der Waals surface area contributed by atoms with E-state index in [-0.39, 0.29) is 47.6 Å². The second kappa shape index (κ2) is 8.66. The van der Waals surface area contributed by atoms with E-state index in [0.29, 0.717) is 12.8 Å². The topological polar surface area (TPSA) is 70.4 Å². The van der Waals surface area contributed by atoms with Crippen LogP contribution in [-0.2, 0) is 11.3 Å². The Morgan fingerprint density at radius 3 is 2.43 bits per heavy atom. The van der Waals surface area contributed by atoms with Crippen molar-refractivity contribution in [3.63, 3.8) is 0 Å². The largest absolute Gasteiger partial charge is 0.445 e. The number of hydrogen-bond donors (Lipinski definition) is 0. The molecule has 2 unspecified atom stereocenters. The molecule has 2 heterocycles. The van der Waals surface area contributed by atoms with E-state index in [2.05, 4.69) is 0 Å². The zero-order chi connectivity index (χ0) is 21.1. The summed E-state index contributed by atoms with van der Waals surface area (Å²) in [6.45, 7) is 0.225. The van der Waals surface area contributed by atoms with Gasteiger partial charge in [-0.1, -0.05) is 30.3 Å². The summed E-state index contributed by atoms with van der Waals surface area (Å²) in [7, 11) is 0. The monoisotopic (exact) mass is 406 g/mol. The molecule has 2 aromatic rings. The maximum Gasteiger partial charge on any atom is 0.410 e. The van der Waals surface area contributed by atoms with E-state index in [9.17, 15) is 14.0 Å². The number of nitriles is 1. The van der Waals surface area contributed by atoms with Gasteiger partial charge >= 0.3 is 6.09 Å². The van der Waals surface area contributed by atoms with Gasteiger partial charge in [-0.2, -0.15) is 5.26 Å². The van der Waals surface area contributed by atoms with Crippen LogP contribution in [0, 0.1) is 23.1 Å². The number of amides is 1. The molecule has 2 aliphatic heterocycles. The average molecular weight is 406 g/mol. The Balaban J connectivity index is 1.44. The van der Waals surface area contributed by atoms with Crippen molar-refractivity contribution in [3.8, 4) is 6.07 Å². The molecule has 0 aromatic heterocycles. The molecule has 2 aromatic carbocycles. The Morgan fingerprint density at radius 1 is 1.10 bits per heavy atom. The van der Waals surface area contributed by atoms with Crippen molar-refractivity contribution in [3.05, 3.63) is 71.0 Å². The lowest BCUT2D eigenvalue weighted by Gasteiger charge is -2.47. The first-order valence-corrected chi connectivity index (χ1v) is 10.3. The van der Waals surface area contributed by atoms with Crippen LogP contribution in [0.4, 0.5) is 9.18 Å². The number of nitrogens with zero attached hydrogens (tertiary/aromatic N) is 2. The van der Waals surface area contributed by atoms with Crippen molar-refractivity contribution in [2.45, 2.75) is 50.8 Å². The molecule has 2 atom stereocenters. The van der Waals surface area contributed by atoms with Crippen LogP contribution in [0.15, 0.2) is 48.5 Å². The number of rotatable bonds is 4. The van der Waals surface area contributed by atoms with Crippen LogP contribution < -0.4 is 0 Å². The standard InChI is InChI=1S/C24H23FN2O3/c25-22-13-17(9-10-18(22)14-26)23(28)19-11-20-7-4-8-21(12-19)27(20)24(29)30-15-16-5-2-1-3-6-16/h1-3,5-6,9-10,13,19-21H,4,7-8,11-12,15H2. The average Bonchev–Trinajstić information content (AvgIpc) is 2.76. The third-order valence-electron chi connectivity index (χ3n) is 6.14. The number of hydrogen-bond acceptors (Lipinski definition) is 4. The van der Waals surface area contributed by atoms with Crippen molar-refractivity contribution >= 4 is 11.9 Å². The molecule has 0 aliphatic carbocycles. The van der Waals surface area contributed by atoms with Gasteiger partial charge in [0.1, 0.15) is 18.5 Å². The molecular weight excluding hydrogens is 383 g/mol. The number of benzene rings is 2. The highest BCUT2D eigenvalue weighted by Crippen LogP contribution is 2.39. The molecule has 30 heavy (non-hydrogen) atoms. The van der Waals surface area contributed by atoms with Crippen LogP contribution in [0.25, 0.3) is 0 Å². The lowest BCUT2D eigenvalue weighted by molar-refractivity contribution is 0.00472. The lowest BCUT2D eigenvalue weighted by atomic mass is 9.76. The Morgan fingerprint density at radius 2 is 1.80 bits per heavy atom. The van der Waals surface area contributed by atoms with E-state index in [1.54, 1.807) is 6.07 Å². The molecule has 2 saturated heterocycles. The van der Waals surface area contributed by atoms with Crippen molar-refractivity contribution in [1.82, 2.24) is 4.90 Å². The minimum atomic E-state index is -0.675. The summed E-state index contributed by atoms with van der Waals surface area (Å²) in [5.74, 6) is -1.05. The molecule has 1 amide bonds. The molecule has 6 heteroatoms. The van der Waals surface area contributed by atoms with E-state index >= 15 is 0 Å². The van der Waals surface area contributed by atoms with Crippen molar-refractivity contribution in [1.29, 1.82) is 5.26 Å². The normalized spacial score (nSPS) is 22.8. The van der Waals surface area contributed by atoms with Crippen molar-refractivity contribution in [2.24, 2.45) is 5.92 Å². The molecule has 2 aliphatic rings. The Hall–Kier alpha value is -3.20. The van der Waals surface area contributed by atoms with Gasteiger partial charge in [0, 0.05) is 23.6 Å². The highest BCUT2D eigenvalue weighted by atomic mass is 19.1. The zero-order valence-electron chi connectivity index (χ0n) is 16.6. The van der Waals surface area contributed by atoms with Crippen molar-refractivity contribution in [2.75, 3.05) is 0 Å². The van der Waals surface area contributed by atoms with Gasteiger partial charge in [0.2, 0.25) is 0 Å². The molecule has 2 fully saturated rings. The predicted octanol–water partition coefficient (Wildman–Crippen LogP) is 4.85. The molecule has 0 radical (unpaired) electrons. The Bertz CT molecular complexity index is 972. The molecule has 0 spiro atoms. The first-order valence-electron chi connectivity index (χ1n) is 10.3. The minimum Gasteiger partial charge on any atom is -0.445 e. The highest BCUT2D eigenvalue weighted by molar-refractivity contribution is 5.98. The summed E-state index contributed by atoms with van der Waals surface area (Å²) in [5.41, 5.74) is 1.15. The molecule has 154 valence electrons. The fourth-order valence-electron chi connectivity index (χ4n) is 4.68. The summed E-state index contributed by atoms with van der Waals surface area (Å²) in [6.07, 6.45) is 3.47. The summed E-state index contributed by atoms with van der Waals surface area (Å²) < 4.78 is 19.5. The minimum absolute atomic E-state index is 0.0436. The van der Waals surface area contributed by atoms with Crippen LogP contribution in [0.1, 0.15) is 53.6 Å². The summed E-state index contributed by atoms with van der Waals surface area (Å²) in [5, 5.41) is 8.88. The highest BCUT2D eigenvalue weighted by Gasteiger charge is 2.43. The SMILES string of the molecule is N#Cc1ccc(C(=O)C2CC3CCCC(C2)N3C(=O)OCc2ccccc2)cc1F. The zero-order valence-corrected chi connectivity index (χ0v) is 16.6. The number of fused-ring (bicyclic) bond motifs is 2. The summed E-state index contributed by atoms with van der Waals surface area (Å²) >= 11 is 0. The predicted molar refractivity (Wildman–Crippen MR) is 108 cm³/mol. The van der Waals surface area contributed by atoms with Crippen LogP contribution in [0.2, 0.25) is 0 Å². The van der Waals surface area contributed by atoms with E-state index in [4.69, 9.17) is 10.00 Å². The molecule has 0 saturated carbocycles. The van der Waals surface area contributed by atoms with Crippen LogP contribution in [0.3, 0.4) is 0 Å². The Kier molecular flexibility index (Phi) is 5.80. The maximum absolute atomic E-state index is 14.0. The molecule has 5 nitrogen and oxygen atoms in total. The summed E-state index contributed by atoms with van der Waals surface area (Å²) in [4.78, 5) is 27.6. The second-order valence-corrected chi connectivity index (χ2v) is 8.03. The van der Waals surface area contributed by atoms with Crippen molar-refractivity contribution < 1.29 is 18.7 Å². The fourth-order valence-corrected chi connectivity index (χ4v) is 4.68. The fraction of sp³-hybridized carbons (Fsp3) is 0.375. The van der Waals surface area contributed by atoms with Gasteiger partial charge in [0.15, 0.2) is 5.78 Å². The molecular formula is C24H23FN2O3. The summed E-state index contributed by atoms with van der Waals surface area (Å²) in [6, 6.07) is 15.2. The van der Waals surface area contributed by atoms with E-state index in [0.717, 1.165) is 30.9 Å². The van der Waals surface area contributed by atoms with Gasteiger partial charge in [-0.15, -0.1) is 0 Å². The van der Waals surface area contributed by atoms with E-state index in [1.165, 1.54) is 12.1 Å². The van der Waals surface area contributed by atoms with Crippen LogP contribution in [-0.4, -0.2) is 28.9 Å². The quantitative estimate of drug-likeness (QED) is 0.681. The molecule has 2 bridgehead atoms.